The van der Waals surface area contributed by atoms with E-state index < -0.39 is 27.8 Å². The van der Waals surface area contributed by atoms with Crippen LogP contribution in [0.1, 0.15) is 27.9 Å². The molecule has 28 heavy (non-hydrogen) atoms. The van der Waals surface area contributed by atoms with E-state index >= 15 is 0 Å². The summed E-state index contributed by atoms with van der Waals surface area (Å²) in [5, 5.41) is 3.46. The van der Waals surface area contributed by atoms with Crippen molar-refractivity contribution in [3.05, 3.63) is 40.2 Å². The number of sulfonamides is 1. The first-order valence-electron chi connectivity index (χ1n) is 8.64. The second kappa shape index (κ2) is 7.03. The molecule has 0 saturated heterocycles. The summed E-state index contributed by atoms with van der Waals surface area (Å²) in [7, 11) is -2.72. The zero-order valence-electron chi connectivity index (χ0n) is 15.1. The molecule has 0 aliphatic carbocycles. The first-order chi connectivity index (χ1) is 13.3. The smallest absolute Gasteiger partial charge is 0.252 e. The summed E-state index contributed by atoms with van der Waals surface area (Å²) in [5.74, 6) is -1.21. The Kier molecular flexibility index (Phi) is 4.82. The van der Waals surface area contributed by atoms with E-state index in [1.54, 1.807) is 30.5 Å². The van der Waals surface area contributed by atoms with Crippen molar-refractivity contribution in [1.29, 1.82) is 0 Å². The molecule has 3 heterocycles. The fourth-order valence-corrected chi connectivity index (χ4v) is 7.23. The van der Waals surface area contributed by atoms with Crippen molar-refractivity contribution >= 4 is 59.6 Å². The highest BCUT2D eigenvalue weighted by Crippen LogP contribution is 2.40. The van der Waals surface area contributed by atoms with Crippen LogP contribution >= 0.6 is 22.7 Å². The average molecular weight is 436 g/mol. The predicted octanol–water partition coefficient (Wildman–Crippen LogP) is 3.13. The lowest BCUT2D eigenvalue weighted by Gasteiger charge is -2.29. The number of nitrogens with zero attached hydrogens (tertiary/aromatic N) is 2. The molecule has 0 spiro atoms. The Morgan fingerprint density at radius 2 is 2.04 bits per heavy atom. The van der Waals surface area contributed by atoms with Gasteiger partial charge in [0.25, 0.3) is 5.91 Å². The van der Waals surface area contributed by atoms with E-state index in [1.807, 2.05) is 6.92 Å². The van der Waals surface area contributed by atoms with Crippen LogP contribution in [0.5, 0.6) is 0 Å². The lowest BCUT2D eigenvalue weighted by atomic mass is 10.1. The van der Waals surface area contributed by atoms with Crippen molar-refractivity contribution in [3.63, 3.8) is 0 Å². The number of aryl methyl sites for hydroxylation is 1. The van der Waals surface area contributed by atoms with Crippen LogP contribution in [0, 0.1) is 0 Å². The third kappa shape index (κ3) is 2.96. The van der Waals surface area contributed by atoms with Crippen LogP contribution in [0.15, 0.2) is 35.4 Å². The van der Waals surface area contributed by atoms with Crippen LogP contribution in [0.4, 0.5) is 5.13 Å². The van der Waals surface area contributed by atoms with Gasteiger partial charge in [0.05, 0.1) is 4.88 Å². The van der Waals surface area contributed by atoms with Crippen molar-refractivity contribution in [2.75, 3.05) is 12.4 Å². The number of benzene rings is 1. The van der Waals surface area contributed by atoms with Gasteiger partial charge in [-0.3, -0.25) is 9.59 Å². The SMILES string of the molecule is CCCc1cnc(NC(=O)C2C(=O)c3sc4ccccc4c3S(=O)(=O)N2C)s1. The normalized spacial score (nSPS) is 18.9. The van der Waals surface area contributed by atoms with Gasteiger partial charge >= 0.3 is 0 Å². The number of likely N-dealkylation sites (N-methyl/N-ethyl adjacent to an activating group) is 1. The molecule has 0 bridgehead atoms. The number of nitrogens with one attached hydrogen (secondary N) is 1. The van der Waals surface area contributed by atoms with Crippen molar-refractivity contribution in [2.45, 2.75) is 30.7 Å². The topological polar surface area (TPSA) is 96.4 Å². The number of carbonyl (C=O) groups excluding carboxylic acids is 2. The summed E-state index contributed by atoms with van der Waals surface area (Å²) >= 11 is 2.42. The molecule has 1 N–H and O–H groups in total. The van der Waals surface area contributed by atoms with Gasteiger partial charge in [-0.2, -0.15) is 4.31 Å². The number of aromatic nitrogens is 1. The Hall–Kier alpha value is -2.14. The molecule has 2 aromatic heterocycles. The van der Waals surface area contributed by atoms with Crippen molar-refractivity contribution in [2.24, 2.45) is 0 Å². The minimum Gasteiger partial charge on any atom is -0.300 e. The third-order valence-corrected chi connectivity index (χ3v) is 8.75. The van der Waals surface area contributed by atoms with Crippen LogP contribution in [-0.4, -0.2) is 42.5 Å². The molecule has 1 atom stereocenters. The van der Waals surface area contributed by atoms with Crippen molar-refractivity contribution in [3.8, 4) is 0 Å². The second-order valence-corrected chi connectivity index (χ2v) is 10.5. The zero-order valence-corrected chi connectivity index (χ0v) is 17.6. The number of amides is 1. The van der Waals surface area contributed by atoms with Crippen LogP contribution < -0.4 is 5.32 Å². The molecule has 0 saturated carbocycles. The molecule has 0 fully saturated rings. The largest absolute Gasteiger partial charge is 0.300 e. The van der Waals surface area contributed by atoms with Gasteiger partial charge in [0.2, 0.25) is 15.8 Å². The van der Waals surface area contributed by atoms with E-state index in [1.165, 1.54) is 18.4 Å². The van der Waals surface area contributed by atoms with Crippen molar-refractivity contribution < 1.29 is 18.0 Å². The standard InChI is InChI=1S/C18H17N3O4S3/c1-3-6-10-9-19-18(26-10)20-17(23)13-14(22)15-16(28(24,25)21(13)2)11-7-4-5-8-12(11)27-15/h4-5,7-9,13H,3,6H2,1-2H3,(H,19,20,23). The number of hydrogen-bond donors (Lipinski definition) is 1. The Balaban J connectivity index is 1.72. The number of Topliss-reactive ketones (excluding diaryl/α,β-unsaturated/α-hetero) is 1. The Bertz CT molecular complexity index is 1200. The fraction of sp³-hybridized carbons (Fsp3) is 0.278. The first kappa shape index (κ1) is 19.2. The third-order valence-electron chi connectivity index (χ3n) is 4.55. The molecular formula is C18H17N3O4S3. The monoisotopic (exact) mass is 435 g/mol. The molecule has 0 radical (unpaired) electrons. The minimum atomic E-state index is -3.98. The highest BCUT2D eigenvalue weighted by molar-refractivity contribution is 7.89. The number of fused-ring (bicyclic) bond motifs is 3. The van der Waals surface area contributed by atoms with Crippen LogP contribution in [0.3, 0.4) is 0 Å². The van der Waals surface area contributed by atoms with E-state index in [0.29, 0.717) is 15.2 Å². The number of thiazole rings is 1. The Labute approximate surface area is 170 Å². The molecule has 4 rings (SSSR count). The van der Waals surface area contributed by atoms with Gasteiger partial charge in [0.1, 0.15) is 4.90 Å². The van der Waals surface area contributed by atoms with Gasteiger partial charge in [0.15, 0.2) is 11.2 Å². The number of thiophene rings is 1. The summed E-state index contributed by atoms with van der Waals surface area (Å²) in [6.07, 6.45) is 3.47. The number of anilines is 1. The van der Waals surface area contributed by atoms with Crippen LogP contribution in [-0.2, 0) is 21.2 Å². The highest BCUT2D eigenvalue weighted by atomic mass is 32.2. The summed E-state index contributed by atoms with van der Waals surface area (Å²) in [6.45, 7) is 2.04. The van der Waals surface area contributed by atoms with Gasteiger partial charge in [-0.25, -0.2) is 13.4 Å². The van der Waals surface area contributed by atoms with Crippen LogP contribution in [0.25, 0.3) is 10.1 Å². The minimum absolute atomic E-state index is 0.0101. The van der Waals surface area contributed by atoms with Crippen LogP contribution in [0.2, 0.25) is 0 Å². The first-order valence-corrected chi connectivity index (χ1v) is 11.7. The number of hydrogen-bond acceptors (Lipinski definition) is 7. The molecule has 3 aromatic rings. The zero-order chi connectivity index (χ0) is 20.1. The maximum absolute atomic E-state index is 13.1. The lowest BCUT2D eigenvalue weighted by molar-refractivity contribution is -0.118. The highest BCUT2D eigenvalue weighted by Gasteiger charge is 2.47. The van der Waals surface area contributed by atoms with Gasteiger partial charge in [-0.1, -0.05) is 31.5 Å². The number of rotatable bonds is 4. The van der Waals surface area contributed by atoms with Gasteiger partial charge in [-0.05, 0) is 12.5 Å². The van der Waals surface area contributed by atoms with E-state index in [2.05, 4.69) is 10.3 Å². The Morgan fingerprint density at radius 1 is 1.29 bits per heavy atom. The van der Waals surface area contributed by atoms with Gasteiger partial charge in [0, 0.05) is 28.2 Å². The Morgan fingerprint density at radius 3 is 2.79 bits per heavy atom. The average Bonchev–Trinajstić information content (AvgIpc) is 3.25. The molecule has 10 heteroatoms. The summed E-state index contributed by atoms with van der Waals surface area (Å²) in [4.78, 5) is 31.1. The molecule has 1 aliphatic heterocycles. The quantitative estimate of drug-likeness (QED) is 0.635. The predicted molar refractivity (Wildman–Crippen MR) is 110 cm³/mol. The van der Waals surface area contributed by atoms with Gasteiger partial charge in [-0.15, -0.1) is 22.7 Å². The molecule has 1 aliphatic rings. The van der Waals surface area contributed by atoms with Crippen molar-refractivity contribution in [1.82, 2.24) is 9.29 Å². The molecular weight excluding hydrogens is 418 g/mol. The second-order valence-electron chi connectivity index (χ2n) is 6.42. The van der Waals surface area contributed by atoms with E-state index in [9.17, 15) is 18.0 Å². The number of carbonyl (C=O) groups is 2. The fourth-order valence-electron chi connectivity index (χ4n) is 3.20. The molecule has 1 unspecified atom stereocenters. The molecule has 1 aromatic carbocycles. The van der Waals surface area contributed by atoms with Gasteiger partial charge < -0.3 is 5.32 Å². The van der Waals surface area contributed by atoms with E-state index in [0.717, 1.165) is 33.4 Å². The van der Waals surface area contributed by atoms with E-state index in [-0.39, 0.29) is 9.77 Å². The number of ketones is 1. The summed E-state index contributed by atoms with van der Waals surface area (Å²) < 4.78 is 27.7. The lowest BCUT2D eigenvalue weighted by Crippen LogP contribution is -2.52. The maximum atomic E-state index is 13.1. The molecule has 1 amide bonds. The summed E-state index contributed by atoms with van der Waals surface area (Å²) in [6, 6.07) is 5.50. The van der Waals surface area contributed by atoms with E-state index in [4.69, 9.17) is 0 Å². The maximum Gasteiger partial charge on any atom is 0.252 e. The molecule has 7 nitrogen and oxygen atoms in total. The molecule has 146 valence electrons. The summed E-state index contributed by atoms with van der Waals surface area (Å²) in [5.41, 5.74) is 0.